The van der Waals surface area contributed by atoms with Crippen LogP contribution in [0.2, 0.25) is 0 Å². The molecule has 1 aliphatic rings. The number of rotatable bonds is 6. The van der Waals surface area contributed by atoms with Crippen molar-refractivity contribution in [3.63, 3.8) is 0 Å². The van der Waals surface area contributed by atoms with Gasteiger partial charge in [-0.1, -0.05) is 25.0 Å². The van der Waals surface area contributed by atoms with Gasteiger partial charge in [-0.15, -0.1) is 0 Å². The molecule has 0 aliphatic carbocycles. The maximum Gasteiger partial charge on any atom is 0.243 e. The maximum atomic E-state index is 12.9. The number of ketones is 1. The Labute approximate surface area is 159 Å². The zero-order chi connectivity index (χ0) is 19.3. The lowest BCUT2D eigenvalue weighted by atomic mass is 10.1. The Hall–Kier alpha value is -2.25. The minimum atomic E-state index is -3.59. The normalized spacial score (nSPS) is 15.9. The van der Waals surface area contributed by atoms with Crippen LogP contribution in [0.4, 0.5) is 10.1 Å². The molecule has 144 valence electrons. The number of halogens is 1. The molecule has 0 spiro atoms. The van der Waals surface area contributed by atoms with Crippen molar-refractivity contribution >= 4 is 21.5 Å². The van der Waals surface area contributed by atoms with Gasteiger partial charge in [0, 0.05) is 24.3 Å². The average Bonchev–Trinajstić information content (AvgIpc) is 2.97. The number of nitrogens with zero attached hydrogens (tertiary/aromatic N) is 1. The zero-order valence-corrected chi connectivity index (χ0v) is 15.8. The highest BCUT2D eigenvalue weighted by Crippen LogP contribution is 2.21. The number of carbonyl (C=O) groups excluding carboxylic acids is 1. The fraction of sp³-hybridized carbons (Fsp3) is 0.350. The first-order chi connectivity index (χ1) is 13.0. The molecule has 1 fully saturated rings. The second-order valence-electron chi connectivity index (χ2n) is 6.63. The smallest absolute Gasteiger partial charge is 0.243 e. The van der Waals surface area contributed by atoms with Gasteiger partial charge in [0.25, 0.3) is 0 Å². The molecule has 0 amide bonds. The van der Waals surface area contributed by atoms with Gasteiger partial charge in [0.05, 0.1) is 11.4 Å². The van der Waals surface area contributed by atoms with E-state index in [0.29, 0.717) is 24.3 Å². The van der Waals surface area contributed by atoms with Crippen molar-refractivity contribution in [2.45, 2.75) is 30.6 Å². The van der Waals surface area contributed by atoms with Crippen LogP contribution in [0.3, 0.4) is 0 Å². The largest absolute Gasteiger partial charge is 0.378 e. The zero-order valence-electron chi connectivity index (χ0n) is 15.0. The minimum absolute atomic E-state index is 0.00114. The second kappa shape index (κ2) is 8.63. The van der Waals surface area contributed by atoms with E-state index >= 15 is 0 Å². The molecular weight excluding hydrogens is 367 g/mol. The third kappa shape index (κ3) is 4.93. The van der Waals surface area contributed by atoms with Gasteiger partial charge in [0.15, 0.2) is 5.78 Å². The summed E-state index contributed by atoms with van der Waals surface area (Å²) in [4.78, 5) is 12.6. The topological polar surface area (TPSA) is 66.5 Å². The first kappa shape index (κ1) is 19.5. The molecule has 1 heterocycles. The van der Waals surface area contributed by atoms with Crippen molar-refractivity contribution < 1.29 is 17.6 Å². The van der Waals surface area contributed by atoms with E-state index in [1.54, 1.807) is 24.3 Å². The van der Waals surface area contributed by atoms with Gasteiger partial charge >= 0.3 is 0 Å². The number of nitrogens with one attached hydrogen (secondary N) is 1. The Kier molecular flexibility index (Phi) is 6.23. The number of Topliss-reactive ketones (excluding diaryl/α,β-unsaturated/α-hetero) is 1. The molecule has 1 saturated heterocycles. The van der Waals surface area contributed by atoms with E-state index in [0.717, 1.165) is 25.7 Å². The van der Waals surface area contributed by atoms with Crippen molar-refractivity contribution in [1.29, 1.82) is 0 Å². The van der Waals surface area contributed by atoms with E-state index < -0.39 is 10.0 Å². The van der Waals surface area contributed by atoms with Crippen LogP contribution in [0.1, 0.15) is 36.0 Å². The molecule has 2 aromatic carbocycles. The predicted molar refractivity (Wildman–Crippen MR) is 103 cm³/mol. The van der Waals surface area contributed by atoms with Crippen LogP contribution >= 0.6 is 0 Å². The Bertz CT molecular complexity index is 890. The van der Waals surface area contributed by atoms with Crippen LogP contribution < -0.4 is 5.32 Å². The highest BCUT2D eigenvalue weighted by molar-refractivity contribution is 7.89. The number of carbonyl (C=O) groups is 1. The molecule has 0 atom stereocenters. The lowest BCUT2D eigenvalue weighted by molar-refractivity contribution is 0.101. The van der Waals surface area contributed by atoms with E-state index in [4.69, 9.17) is 0 Å². The van der Waals surface area contributed by atoms with Gasteiger partial charge in [-0.25, -0.2) is 12.8 Å². The number of hydrogen-bond donors (Lipinski definition) is 1. The van der Waals surface area contributed by atoms with E-state index in [9.17, 15) is 17.6 Å². The third-order valence-electron chi connectivity index (χ3n) is 4.66. The Morgan fingerprint density at radius 1 is 1.00 bits per heavy atom. The first-order valence-corrected chi connectivity index (χ1v) is 10.5. The quantitative estimate of drug-likeness (QED) is 0.764. The van der Waals surface area contributed by atoms with Crippen LogP contribution in [-0.4, -0.2) is 38.1 Å². The second-order valence-corrected chi connectivity index (χ2v) is 8.57. The number of anilines is 1. The third-order valence-corrected chi connectivity index (χ3v) is 6.55. The average molecular weight is 390 g/mol. The molecule has 1 aliphatic heterocycles. The van der Waals surface area contributed by atoms with Crippen molar-refractivity contribution in [3.05, 3.63) is 59.9 Å². The summed E-state index contributed by atoms with van der Waals surface area (Å²) in [5.41, 5.74) is 0.957. The fourth-order valence-corrected chi connectivity index (χ4v) is 4.68. The van der Waals surface area contributed by atoms with Crippen LogP contribution in [-0.2, 0) is 10.0 Å². The summed E-state index contributed by atoms with van der Waals surface area (Å²) in [6, 6.07) is 11.9. The number of benzene rings is 2. The van der Waals surface area contributed by atoms with E-state index in [2.05, 4.69) is 5.32 Å². The lowest BCUT2D eigenvalue weighted by Gasteiger charge is -2.20. The molecule has 7 heteroatoms. The van der Waals surface area contributed by atoms with Gasteiger partial charge in [0.1, 0.15) is 5.82 Å². The first-order valence-electron chi connectivity index (χ1n) is 9.10. The van der Waals surface area contributed by atoms with Crippen LogP contribution in [0, 0.1) is 5.82 Å². The van der Waals surface area contributed by atoms with E-state index in [1.807, 2.05) is 0 Å². The summed E-state index contributed by atoms with van der Waals surface area (Å²) < 4.78 is 40.2. The Morgan fingerprint density at radius 2 is 1.67 bits per heavy atom. The van der Waals surface area contributed by atoms with Crippen LogP contribution in [0.15, 0.2) is 53.4 Å². The number of sulfonamides is 1. The van der Waals surface area contributed by atoms with Gasteiger partial charge in [-0.2, -0.15) is 4.31 Å². The molecule has 0 unspecified atom stereocenters. The molecule has 27 heavy (non-hydrogen) atoms. The van der Waals surface area contributed by atoms with Gasteiger partial charge in [0.2, 0.25) is 10.0 Å². The Morgan fingerprint density at radius 3 is 2.33 bits per heavy atom. The molecule has 0 bridgehead atoms. The molecule has 5 nitrogen and oxygen atoms in total. The van der Waals surface area contributed by atoms with E-state index in [-0.39, 0.29) is 23.0 Å². The van der Waals surface area contributed by atoms with Gasteiger partial charge < -0.3 is 5.32 Å². The Balaban J connectivity index is 1.72. The minimum Gasteiger partial charge on any atom is -0.378 e. The summed E-state index contributed by atoms with van der Waals surface area (Å²) >= 11 is 0. The highest BCUT2D eigenvalue weighted by Gasteiger charge is 2.25. The summed E-state index contributed by atoms with van der Waals surface area (Å²) in [6.07, 6.45) is 3.80. The summed E-state index contributed by atoms with van der Waals surface area (Å²) in [5.74, 6) is -0.578. The molecule has 0 saturated carbocycles. The summed E-state index contributed by atoms with van der Waals surface area (Å²) in [7, 11) is -3.59. The predicted octanol–water partition coefficient (Wildman–Crippen LogP) is 3.69. The van der Waals surface area contributed by atoms with E-state index in [1.165, 1.54) is 28.6 Å². The summed E-state index contributed by atoms with van der Waals surface area (Å²) in [5, 5.41) is 2.92. The molecule has 3 rings (SSSR count). The molecular formula is C20H23FN2O3S. The highest BCUT2D eigenvalue weighted by atomic mass is 32.2. The fourth-order valence-electron chi connectivity index (χ4n) is 3.11. The molecule has 0 radical (unpaired) electrons. The maximum absolute atomic E-state index is 12.9. The summed E-state index contributed by atoms with van der Waals surface area (Å²) in [6.45, 7) is 1.04. The van der Waals surface area contributed by atoms with Crippen molar-refractivity contribution in [1.82, 2.24) is 4.31 Å². The number of hydrogen-bond acceptors (Lipinski definition) is 4. The monoisotopic (exact) mass is 390 g/mol. The van der Waals surface area contributed by atoms with Crippen LogP contribution in [0.25, 0.3) is 0 Å². The lowest BCUT2D eigenvalue weighted by Crippen LogP contribution is -2.32. The van der Waals surface area contributed by atoms with Crippen molar-refractivity contribution in [3.8, 4) is 0 Å². The molecule has 1 N–H and O–H groups in total. The SMILES string of the molecule is O=C(CNc1ccc(F)cc1)c1cccc(S(=O)(=O)N2CCCCCC2)c1. The van der Waals surface area contributed by atoms with Crippen LogP contribution in [0.5, 0.6) is 0 Å². The van der Waals surface area contributed by atoms with Gasteiger partial charge in [-0.3, -0.25) is 4.79 Å². The van der Waals surface area contributed by atoms with Crippen molar-refractivity contribution in [2.24, 2.45) is 0 Å². The van der Waals surface area contributed by atoms with Gasteiger partial charge in [-0.05, 0) is 49.2 Å². The molecule has 2 aromatic rings. The van der Waals surface area contributed by atoms with Crippen molar-refractivity contribution in [2.75, 3.05) is 25.0 Å². The standard InChI is InChI=1S/C20H23FN2O3S/c21-17-8-10-18(11-9-17)22-15-20(24)16-6-5-7-19(14-16)27(25,26)23-12-3-1-2-4-13-23/h5-11,14,22H,1-4,12-13,15H2. The molecule has 0 aromatic heterocycles.